The number of carbonyl (C=O) groups is 1. The number of aromatic nitrogens is 4. The Bertz CT molecular complexity index is 730. The molecule has 6 nitrogen and oxygen atoms in total. The van der Waals surface area contributed by atoms with Crippen molar-refractivity contribution in [1.82, 2.24) is 19.7 Å². The highest BCUT2D eigenvalue weighted by atomic mass is 16.4. The molecule has 6 heteroatoms. The minimum absolute atomic E-state index is 0.123. The Morgan fingerprint density at radius 1 is 1.22 bits per heavy atom. The van der Waals surface area contributed by atoms with Crippen LogP contribution in [-0.2, 0) is 0 Å². The van der Waals surface area contributed by atoms with Crippen LogP contribution in [0.25, 0.3) is 16.7 Å². The summed E-state index contributed by atoms with van der Waals surface area (Å²) in [5.41, 5.74) is 0.910. The molecule has 18 heavy (non-hydrogen) atoms. The maximum atomic E-state index is 10.8. The van der Waals surface area contributed by atoms with Crippen molar-refractivity contribution in [3.8, 4) is 5.82 Å². The van der Waals surface area contributed by atoms with Crippen molar-refractivity contribution in [2.75, 3.05) is 0 Å². The number of benzene rings is 1. The maximum Gasteiger partial charge on any atom is 0.338 e. The molecule has 0 atom stereocenters. The Hall–Kier alpha value is -2.76. The predicted molar refractivity (Wildman–Crippen MR) is 63.6 cm³/mol. The van der Waals surface area contributed by atoms with Gasteiger partial charge >= 0.3 is 5.97 Å². The van der Waals surface area contributed by atoms with Crippen LogP contribution in [-0.4, -0.2) is 30.8 Å². The van der Waals surface area contributed by atoms with E-state index in [9.17, 15) is 4.79 Å². The predicted octanol–water partition coefficient (Wildman–Crippen LogP) is 1.51. The van der Waals surface area contributed by atoms with E-state index in [1.807, 2.05) is 24.3 Å². The molecule has 0 radical (unpaired) electrons. The number of aromatic carboxylic acids is 1. The fraction of sp³-hybridized carbons (Fsp3) is 0. The number of fused-ring (bicyclic) bond motifs is 1. The minimum Gasteiger partial charge on any atom is -0.478 e. The average molecular weight is 240 g/mol. The summed E-state index contributed by atoms with van der Waals surface area (Å²) in [5, 5.41) is 13.7. The molecule has 0 amide bonds. The monoisotopic (exact) mass is 240 g/mol. The highest BCUT2D eigenvalue weighted by Gasteiger charge is 2.10. The standard InChI is InChI=1S/C12H8N4O2/c17-12(18)8-5-15-16(6-8)11-9-3-1-2-4-10(9)13-7-14-11/h1-7H,(H,17,18). The van der Waals surface area contributed by atoms with Gasteiger partial charge in [0, 0.05) is 11.6 Å². The first-order valence-corrected chi connectivity index (χ1v) is 5.24. The summed E-state index contributed by atoms with van der Waals surface area (Å²) >= 11 is 0. The quantitative estimate of drug-likeness (QED) is 0.734. The van der Waals surface area contributed by atoms with Gasteiger partial charge in [-0.2, -0.15) is 5.10 Å². The number of nitrogens with zero attached hydrogens (tertiary/aromatic N) is 4. The van der Waals surface area contributed by atoms with E-state index in [1.54, 1.807) is 0 Å². The summed E-state index contributed by atoms with van der Waals surface area (Å²) in [7, 11) is 0. The minimum atomic E-state index is -1.01. The van der Waals surface area contributed by atoms with E-state index in [0.29, 0.717) is 5.82 Å². The maximum absolute atomic E-state index is 10.8. The molecule has 0 aliphatic carbocycles. The Balaban J connectivity index is 2.21. The molecular formula is C12H8N4O2. The number of hydrogen-bond donors (Lipinski definition) is 1. The normalized spacial score (nSPS) is 10.7. The lowest BCUT2D eigenvalue weighted by Crippen LogP contribution is -2.00. The molecule has 0 spiro atoms. The largest absolute Gasteiger partial charge is 0.478 e. The van der Waals surface area contributed by atoms with Crippen molar-refractivity contribution in [2.24, 2.45) is 0 Å². The summed E-state index contributed by atoms with van der Waals surface area (Å²) in [5.74, 6) is -0.451. The molecule has 3 aromatic rings. The molecule has 1 N–H and O–H groups in total. The number of carboxylic acids is 1. The van der Waals surface area contributed by atoms with Gasteiger partial charge in [-0.15, -0.1) is 0 Å². The molecule has 0 bridgehead atoms. The van der Waals surface area contributed by atoms with Gasteiger partial charge in [-0.1, -0.05) is 12.1 Å². The zero-order valence-corrected chi connectivity index (χ0v) is 9.19. The summed E-state index contributed by atoms with van der Waals surface area (Å²) in [4.78, 5) is 19.1. The summed E-state index contributed by atoms with van der Waals surface area (Å²) in [6, 6.07) is 7.48. The van der Waals surface area contributed by atoms with Gasteiger partial charge < -0.3 is 5.11 Å². The summed E-state index contributed by atoms with van der Waals surface area (Å²) in [6.45, 7) is 0. The first-order valence-electron chi connectivity index (χ1n) is 5.24. The molecule has 0 unspecified atom stereocenters. The third-order valence-electron chi connectivity index (χ3n) is 2.57. The highest BCUT2D eigenvalue weighted by Crippen LogP contribution is 2.17. The Kier molecular flexibility index (Phi) is 2.26. The second-order valence-electron chi connectivity index (χ2n) is 3.69. The zero-order valence-electron chi connectivity index (χ0n) is 9.19. The Morgan fingerprint density at radius 3 is 2.83 bits per heavy atom. The van der Waals surface area contributed by atoms with Gasteiger partial charge in [0.25, 0.3) is 0 Å². The summed E-state index contributed by atoms with van der Waals surface area (Å²) in [6.07, 6.45) is 4.15. The highest BCUT2D eigenvalue weighted by molar-refractivity contribution is 5.88. The molecule has 2 aromatic heterocycles. The topological polar surface area (TPSA) is 80.9 Å². The van der Waals surface area contributed by atoms with Gasteiger partial charge in [-0.05, 0) is 12.1 Å². The van der Waals surface area contributed by atoms with E-state index in [-0.39, 0.29) is 5.56 Å². The third-order valence-corrected chi connectivity index (χ3v) is 2.57. The fourth-order valence-corrected chi connectivity index (χ4v) is 1.72. The number of rotatable bonds is 2. The van der Waals surface area contributed by atoms with Crippen LogP contribution >= 0.6 is 0 Å². The molecule has 0 aliphatic heterocycles. The van der Waals surface area contributed by atoms with Crippen molar-refractivity contribution in [2.45, 2.75) is 0 Å². The molecule has 0 aliphatic rings. The Morgan fingerprint density at radius 2 is 2.06 bits per heavy atom. The lowest BCUT2D eigenvalue weighted by molar-refractivity contribution is 0.0697. The molecule has 2 heterocycles. The molecular weight excluding hydrogens is 232 g/mol. The van der Waals surface area contributed by atoms with Crippen molar-refractivity contribution in [3.63, 3.8) is 0 Å². The van der Waals surface area contributed by atoms with Crippen molar-refractivity contribution < 1.29 is 9.90 Å². The Labute approximate surface area is 102 Å². The van der Waals surface area contributed by atoms with Gasteiger partial charge in [0.15, 0.2) is 5.82 Å². The lowest BCUT2D eigenvalue weighted by Gasteiger charge is -2.03. The van der Waals surface area contributed by atoms with Crippen molar-refractivity contribution in [1.29, 1.82) is 0 Å². The van der Waals surface area contributed by atoms with E-state index in [2.05, 4.69) is 15.1 Å². The second-order valence-corrected chi connectivity index (χ2v) is 3.69. The summed E-state index contributed by atoms with van der Waals surface area (Å²) < 4.78 is 1.44. The average Bonchev–Trinajstić information content (AvgIpc) is 2.87. The van der Waals surface area contributed by atoms with Crippen LogP contribution in [0.15, 0.2) is 43.0 Å². The first-order chi connectivity index (χ1) is 8.75. The van der Waals surface area contributed by atoms with Crippen LogP contribution in [0, 0.1) is 0 Å². The van der Waals surface area contributed by atoms with Crippen molar-refractivity contribution in [3.05, 3.63) is 48.5 Å². The van der Waals surface area contributed by atoms with Crippen LogP contribution in [0.5, 0.6) is 0 Å². The fourth-order valence-electron chi connectivity index (χ4n) is 1.72. The van der Waals surface area contributed by atoms with Crippen LogP contribution < -0.4 is 0 Å². The third kappa shape index (κ3) is 1.60. The van der Waals surface area contributed by atoms with Crippen molar-refractivity contribution >= 4 is 16.9 Å². The number of carboxylic acid groups (broad SMARTS) is 1. The molecule has 88 valence electrons. The van der Waals surface area contributed by atoms with E-state index in [4.69, 9.17) is 5.11 Å². The molecule has 0 saturated carbocycles. The van der Waals surface area contributed by atoms with E-state index in [1.165, 1.54) is 23.4 Å². The SMILES string of the molecule is O=C(O)c1cnn(-c2ncnc3ccccc23)c1. The van der Waals surface area contributed by atoms with E-state index in [0.717, 1.165) is 10.9 Å². The smallest absolute Gasteiger partial charge is 0.338 e. The molecule has 1 aromatic carbocycles. The van der Waals surface area contributed by atoms with Gasteiger partial charge in [0.1, 0.15) is 6.33 Å². The molecule has 0 saturated heterocycles. The molecule has 0 fully saturated rings. The van der Waals surface area contributed by atoms with Gasteiger partial charge in [0.2, 0.25) is 0 Å². The van der Waals surface area contributed by atoms with Gasteiger partial charge in [-0.3, -0.25) is 0 Å². The van der Waals surface area contributed by atoms with E-state index < -0.39 is 5.97 Å². The number of para-hydroxylation sites is 1. The van der Waals surface area contributed by atoms with Crippen LogP contribution in [0.1, 0.15) is 10.4 Å². The van der Waals surface area contributed by atoms with Gasteiger partial charge in [0.05, 0.1) is 17.3 Å². The lowest BCUT2D eigenvalue weighted by atomic mass is 10.2. The molecule has 3 rings (SSSR count). The zero-order chi connectivity index (χ0) is 12.5. The van der Waals surface area contributed by atoms with Crippen LogP contribution in [0.4, 0.5) is 0 Å². The van der Waals surface area contributed by atoms with Crippen LogP contribution in [0.2, 0.25) is 0 Å². The number of hydrogen-bond acceptors (Lipinski definition) is 4. The van der Waals surface area contributed by atoms with Crippen LogP contribution in [0.3, 0.4) is 0 Å². The van der Waals surface area contributed by atoms with E-state index >= 15 is 0 Å². The van der Waals surface area contributed by atoms with Gasteiger partial charge in [-0.25, -0.2) is 19.4 Å². The first kappa shape index (κ1) is 10.4. The second kappa shape index (κ2) is 3.92.